The van der Waals surface area contributed by atoms with E-state index in [9.17, 15) is 0 Å². The van der Waals surface area contributed by atoms with Crippen LogP contribution in [0.5, 0.6) is 0 Å². The van der Waals surface area contributed by atoms with Crippen LogP contribution in [0, 0.1) is 5.92 Å². The third kappa shape index (κ3) is 4.42. The zero-order valence-corrected chi connectivity index (χ0v) is 13.2. The van der Waals surface area contributed by atoms with Crippen molar-refractivity contribution >= 4 is 16.7 Å². The van der Waals surface area contributed by atoms with E-state index in [2.05, 4.69) is 35.4 Å². The lowest BCUT2D eigenvalue weighted by Crippen LogP contribution is -2.39. The molecule has 1 aromatic rings. The largest absolute Gasteiger partial charge is 0.345 e. The fraction of sp³-hybridized carbons (Fsp3) is 0.857. The maximum atomic E-state index is 4.70. The second kappa shape index (κ2) is 7.20. The predicted octanol–water partition coefficient (Wildman–Crippen LogP) is 2.71. The quantitative estimate of drug-likeness (QED) is 0.835. The molecule has 0 aliphatic carbocycles. The number of hydrogen-bond donors (Lipinski definition) is 1. The Hall–Kier alpha value is -0.680. The van der Waals surface area contributed by atoms with Crippen LogP contribution in [-0.2, 0) is 6.42 Å². The fourth-order valence-corrected chi connectivity index (χ4v) is 3.28. The standard InChI is InChI=1S/C14H26N4S/c1-4-6-13-16-14(19-17-13)18(9-11(2)3)10-12-7-5-8-15-12/h11-12,15H,4-10H2,1-3H3. The minimum Gasteiger partial charge on any atom is -0.345 e. The summed E-state index contributed by atoms with van der Waals surface area (Å²) in [6, 6.07) is 0.622. The van der Waals surface area contributed by atoms with Gasteiger partial charge in [-0.05, 0) is 31.7 Å². The number of rotatable bonds is 7. The summed E-state index contributed by atoms with van der Waals surface area (Å²) >= 11 is 1.56. The molecule has 2 heterocycles. The van der Waals surface area contributed by atoms with Gasteiger partial charge in [0.15, 0.2) is 0 Å². The zero-order valence-electron chi connectivity index (χ0n) is 12.4. The Morgan fingerprint density at radius 2 is 2.32 bits per heavy atom. The average Bonchev–Trinajstić information content (AvgIpc) is 2.99. The zero-order chi connectivity index (χ0) is 13.7. The van der Waals surface area contributed by atoms with Crippen LogP contribution >= 0.6 is 11.5 Å². The number of nitrogens with one attached hydrogen (secondary N) is 1. The van der Waals surface area contributed by atoms with E-state index in [1.165, 1.54) is 12.8 Å². The first-order valence-corrected chi connectivity index (χ1v) is 8.27. The Kier molecular flexibility index (Phi) is 5.58. The van der Waals surface area contributed by atoms with E-state index >= 15 is 0 Å². The second-order valence-corrected chi connectivity index (χ2v) is 6.57. The van der Waals surface area contributed by atoms with Crippen molar-refractivity contribution in [2.45, 2.75) is 52.5 Å². The SMILES string of the molecule is CCCc1nsc(N(CC(C)C)CC2CCCN2)n1. The van der Waals surface area contributed by atoms with Crippen molar-refractivity contribution in [2.75, 3.05) is 24.5 Å². The van der Waals surface area contributed by atoms with Crippen LogP contribution in [0.1, 0.15) is 45.9 Å². The van der Waals surface area contributed by atoms with Gasteiger partial charge in [0.2, 0.25) is 5.13 Å². The summed E-state index contributed by atoms with van der Waals surface area (Å²) in [4.78, 5) is 7.12. The smallest absolute Gasteiger partial charge is 0.205 e. The van der Waals surface area contributed by atoms with Crippen molar-refractivity contribution in [3.8, 4) is 0 Å². The molecule has 1 aliphatic heterocycles. The lowest BCUT2D eigenvalue weighted by Gasteiger charge is -2.26. The van der Waals surface area contributed by atoms with Crippen LogP contribution in [-0.4, -0.2) is 35.0 Å². The highest BCUT2D eigenvalue weighted by molar-refractivity contribution is 7.09. The van der Waals surface area contributed by atoms with E-state index < -0.39 is 0 Å². The Morgan fingerprint density at radius 1 is 1.47 bits per heavy atom. The molecule has 0 radical (unpaired) electrons. The first-order valence-electron chi connectivity index (χ1n) is 7.50. The molecule has 108 valence electrons. The average molecular weight is 282 g/mol. The van der Waals surface area contributed by atoms with Crippen LogP contribution in [0.3, 0.4) is 0 Å². The van der Waals surface area contributed by atoms with Gasteiger partial charge >= 0.3 is 0 Å². The van der Waals surface area contributed by atoms with Crippen LogP contribution in [0.15, 0.2) is 0 Å². The van der Waals surface area contributed by atoms with E-state index in [4.69, 9.17) is 4.98 Å². The van der Waals surface area contributed by atoms with Crippen LogP contribution in [0.4, 0.5) is 5.13 Å². The van der Waals surface area contributed by atoms with Crippen molar-refractivity contribution in [1.29, 1.82) is 0 Å². The molecular formula is C14H26N4S. The van der Waals surface area contributed by atoms with Crippen LogP contribution in [0.2, 0.25) is 0 Å². The Balaban J connectivity index is 2.01. The molecule has 0 bridgehead atoms. The molecule has 0 saturated carbocycles. The van der Waals surface area contributed by atoms with E-state index in [0.717, 1.165) is 43.4 Å². The molecule has 0 aromatic carbocycles. The molecule has 19 heavy (non-hydrogen) atoms. The number of aromatic nitrogens is 2. The molecular weight excluding hydrogens is 256 g/mol. The number of hydrogen-bond acceptors (Lipinski definition) is 5. The van der Waals surface area contributed by atoms with Crippen LogP contribution in [0.25, 0.3) is 0 Å². The van der Waals surface area contributed by atoms with Gasteiger partial charge in [0.1, 0.15) is 5.82 Å². The second-order valence-electron chi connectivity index (χ2n) is 5.84. The molecule has 5 heteroatoms. The summed E-state index contributed by atoms with van der Waals surface area (Å²) in [5, 5.41) is 4.68. The molecule has 4 nitrogen and oxygen atoms in total. The van der Waals surface area contributed by atoms with Crippen LogP contribution < -0.4 is 10.2 Å². The van der Waals surface area contributed by atoms with E-state index in [1.54, 1.807) is 11.5 Å². The van der Waals surface area contributed by atoms with Gasteiger partial charge in [-0.2, -0.15) is 4.37 Å². The number of anilines is 1. The van der Waals surface area contributed by atoms with Gasteiger partial charge in [0, 0.05) is 37.1 Å². The maximum absolute atomic E-state index is 4.70. The normalized spacial score (nSPS) is 19.3. The minimum absolute atomic E-state index is 0.622. The first-order chi connectivity index (χ1) is 9.19. The molecule has 1 fully saturated rings. The van der Waals surface area contributed by atoms with Crippen molar-refractivity contribution in [1.82, 2.24) is 14.7 Å². The lowest BCUT2D eigenvalue weighted by atomic mass is 10.2. The molecule has 0 amide bonds. The molecule has 1 saturated heterocycles. The highest BCUT2D eigenvalue weighted by Gasteiger charge is 2.21. The van der Waals surface area contributed by atoms with Gasteiger partial charge in [0.25, 0.3) is 0 Å². The Morgan fingerprint density at radius 3 is 2.95 bits per heavy atom. The predicted molar refractivity (Wildman–Crippen MR) is 82.0 cm³/mol. The Labute approximate surface area is 120 Å². The molecule has 1 N–H and O–H groups in total. The van der Waals surface area contributed by atoms with E-state index in [-0.39, 0.29) is 0 Å². The highest BCUT2D eigenvalue weighted by Crippen LogP contribution is 2.21. The van der Waals surface area contributed by atoms with Gasteiger partial charge in [-0.25, -0.2) is 4.98 Å². The van der Waals surface area contributed by atoms with Gasteiger partial charge < -0.3 is 10.2 Å². The topological polar surface area (TPSA) is 41.1 Å². The fourth-order valence-electron chi connectivity index (χ4n) is 2.55. The monoisotopic (exact) mass is 282 g/mol. The maximum Gasteiger partial charge on any atom is 0.205 e. The van der Waals surface area contributed by atoms with Crippen molar-refractivity contribution in [3.63, 3.8) is 0 Å². The molecule has 1 aromatic heterocycles. The van der Waals surface area contributed by atoms with Gasteiger partial charge in [-0.1, -0.05) is 20.8 Å². The summed E-state index contributed by atoms with van der Waals surface area (Å²) in [5.41, 5.74) is 0. The van der Waals surface area contributed by atoms with E-state index in [1.807, 2.05) is 0 Å². The first kappa shape index (κ1) is 14.7. The third-order valence-corrected chi connectivity index (χ3v) is 4.21. The molecule has 1 aliphatic rings. The van der Waals surface area contributed by atoms with Gasteiger partial charge in [-0.15, -0.1) is 0 Å². The van der Waals surface area contributed by atoms with Crippen molar-refractivity contribution < 1.29 is 0 Å². The van der Waals surface area contributed by atoms with E-state index in [0.29, 0.717) is 12.0 Å². The lowest BCUT2D eigenvalue weighted by molar-refractivity contribution is 0.540. The van der Waals surface area contributed by atoms with Crippen molar-refractivity contribution in [2.24, 2.45) is 5.92 Å². The summed E-state index contributed by atoms with van der Waals surface area (Å²) < 4.78 is 4.48. The van der Waals surface area contributed by atoms with Gasteiger partial charge in [0.05, 0.1) is 0 Å². The highest BCUT2D eigenvalue weighted by atomic mass is 32.1. The third-order valence-electron chi connectivity index (χ3n) is 3.39. The summed E-state index contributed by atoms with van der Waals surface area (Å²) in [6.45, 7) is 10.0. The molecule has 1 atom stereocenters. The molecule has 2 rings (SSSR count). The summed E-state index contributed by atoms with van der Waals surface area (Å²) in [6.07, 6.45) is 4.70. The van der Waals surface area contributed by atoms with Crippen molar-refractivity contribution in [3.05, 3.63) is 5.82 Å². The number of aryl methyl sites for hydroxylation is 1. The summed E-state index contributed by atoms with van der Waals surface area (Å²) in [5.74, 6) is 1.66. The van der Waals surface area contributed by atoms with Gasteiger partial charge in [-0.3, -0.25) is 0 Å². The molecule has 0 spiro atoms. The summed E-state index contributed by atoms with van der Waals surface area (Å²) in [7, 11) is 0. The minimum atomic E-state index is 0.622. The molecule has 1 unspecified atom stereocenters. The number of nitrogens with zero attached hydrogens (tertiary/aromatic N) is 3. The Bertz CT molecular complexity index is 371.